The lowest BCUT2D eigenvalue weighted by atomic mass is 9.47. The molecule has 4 atom stereocenters. The number of rotatable bonds is 4. The molecule has 0 aliphatic heterocycles. The Kier molecular flexibility index (Phi) is 4.08. The zero-order chi connectivity index (χ0) is 16.7. The maximum atomic E-state index is 12.1. The Morgan fingerprint density at radius 1 is 1.17 bits per heavy atom. The third-order valence-corrected chi connectivity index (χ3v) is 5.51. The predicted molar refractivity (Wildman–Crippen MR) is 80.2 cm³/mol. The van der Waals surface area contributed by atoms with Gasteiger partial charge in [0.25, 0.3) is 5.91 Å². The number of amides is 3. The van der Waals surface area contributed by atoms with Gasteiger partial charge in [0.15, 0.2) is 6.61 Å². The molecule has 0 spiro atoms. The van der Waals surface area contributed by atoms with Gasteiger partial charge in [0.1, 0.15) is 0 Å². The summed E-state index contributed by atoms with van der Waals surface area (Å²) in [4.78, 5) is 34.5. The number of aliphatic hydroxyl groups is 1. The Balaban J connectivity index is 1.52. The van der Waals surface area contributed by atoms with E-state index in [4.69, 9.17) is 4.74 Å². The molecule has 0 saturated heterocycles. The second-order valence-electron chi connectivity index (χ2n) is 7.65. The highest BCUT2D eigenvalue weighted by molar-refractivity contribution is 5.95. The summed E-state index contributed by atoms with van der Waals surface area (Å²) in [6, 6.07) is -0.630. The van der Waals surface area contributed by atoms with E-state index < -0.39 is 30.1 Å². The molecule has 4 fully saturated rings. The lowest BCUT2D eigenvalue weighted by molar-refractivity contribution is -0.177. The van der Waals surface area contributed by atoms with Gasteiger partial charge in [-0.3, -0.25) is 14.9 Å². The van der Waals surface area contributed by atoms with Crippen LogP contribution in [0.4, 0.5) is 4.79 Å². The summed E-state index contributed by atoms with van der Waals surface area (Å²) < 4.78 is 5.01. The van der Waals surface area contributed by atoms with Crippen molar-refractivity contribution in [2.45, 2.75) is 50.5 Å². The van der Waals surface area contributed by atoms with Crippen molar-refractivity contribution in [3.05, 3.63) is 0 Å². The van der Waals surface area contributed by atoms with Crippen LogP contribution in [0.1, 0.15) is 44.9 Å². The van der Waals surface area contributed by atoms with Gasteiger partial charge in [-0.1, -0.05) is 0 Å². The Labute approximate surface area is 135 Å². The quantitative estimate of drug-likeness (QED) is 0.661. The van der Waals surface area contributed by atoms with E-state index >= 15 is 0 Å². The van der Waals surface area contributed by atoms with Crippen molar-refractivity contribution >= 4 is 17.9 Å². The maximum absolute atomic E-state index is 12.1. The van der Waals surface area contributed by atoms with E-state index in [0.29, 0.717) is 18.3 Å². The number of carbonyl (C=O) groups is 3. The Bertz CT molecular complexity index is 519. The van der Waals surface area contributed by atoms with Crippen LogP contribution in [0.5, 0.6) is 0 Å². The average molecular weight is 324 g/mol. The third-order valence-electron chi connectivity index (χ3n) is 5.51. The number of urea groups is 1. The summed E-state index contributed by atoms with van der Waals surface area (Å²) in [7, 11) is 1.40. The summed E-state index contributed by atoms with van der Waals surface area (Å²) >= 11 is 0. The number of esters is 1. The van der Waals surface area contributed by atoms with Crippen LogP contribution in [-0.2, 0) is 14.3 Å². The second kappa shape index (κ2) is 5.78. The Morgan fingerprint density at radius 2 is 1.83 bits per heavy atom. The molecule has 4 aliphatic rings. The summed E-state index contributed by atoms with van der Waals surface area (Å²) in [5, 5.41) is 15.0. The van der Waals surface area contributed by atoms with Crippen LogP contribution >= 0.6 is 0 Å². The molecule has 4 bridgehead atoms. The summed E-state index contributed by atoms with van der Waals surface area (Å²) in [5.74, 6) is -0.0688. The van der Waals surface area contributed by atoms with E-state index in [1.807, 2.05) is 5.32 Å². The van der Waals surface area contributed by atoms with Crippen LogP contribution in [0.25, 0.3) is 0 Å². The normalized spacial score (nSPS) is 37.3. The van der Waals surface area contributed by atoms with Gasteiger partial charge in [0.2, 0.25) is 0 Å². The minimum Gasteiger partial charge on any atom is -0.456 e. The van der Waals surface area contributed by atoms with E-state index in [-0.39, 0.29) is 11.8 Å². The van der Waals surface area contributed by atoms with Crippen LogP contribution < -0.4 is 10.6 Å². The molecule has 0 aromatic rings. The predicted octanol–water partition coefficient (Wildman–Crippen LogP) is 0.707. The molecule has 2 unspecified atom stereocenters. The van der Waals surface area contributed by atoms with E-state index in [2.05, 4.69) is 5.32 Å². The van der Waals surface area contributed by atoms with Crippen molar-refractivity contribution in [3.63, 3.8) is 0 Å². The molecule has 0 aromatic heterocycles. The number of hydrogen-bond donors (Lipinski definition) is 3. The van der Waals surface area contributed by atoms with Gasteiger partial charge in [0.05, 0.1) is 12.0 Å². The first-order chi connectivity index (χ1) is 10.8. The van der Waals surface area contributed by atoms with Gasteiger partial charge in [-0.05, 0) is 55.8 Å². The summed E-state index contributed by atoms with van der Waals surface area (Å²) in [6.07, 6.45) is 5.70. The zero-order valence-electron chi connectivity index (χ0n) is 13.4. The number of nitrogens with one attached hydrogen (secondary N) is 2. The van der Waals surface area contributed by atoms with Crippen molar-refractivity contribution in [1.29, 1.82) is 0 Å². The van der Waals surface area contributed by atoms with Crippen LogP contribution in [0.2, 0.25) is 0 Å². The highest BCUT2D eigenvalue weighted by atomic mass is 16.5. The topological polar surface area (TPSA) is 105 Å². The lowest BCUT2D eigenvalue weighted by Gasteiger charge is -2.60. The number of imide groups is 1. The van der Waals surface area contributed by atoms with Gasteiger partial charge in [-0.2, -0.15) is 0 Å². The van der Waals surface area contributed by atoms with Gasteiger partial charge < -0.3 is 15.2 Å². The first-order valence-corrected chi connectivity index (χ1v) is 8.21. The van der Waals surface area contributed by atoms with Crippen LogP contribution in [0, 0.1) is 17.3 Å². The fourth-order valence-electron chi connectivity index (χ4n) is 5.34. The monoisotopic (exact) mass is 324 g/mol. The first-order valence-electron chi connectivity index (χ1n) is 8.21. The largest absolute Gasteiger partial charge is 0.456 e. The highest BCUT2D eigenvalue weighted by Gasteiger charge is 2.57. The Morgan fingerprint density at radius 3 is 2.39 bits per heavy atom. The molecule has 0 heterocycles. The van der Waals surface area contributed by atoms with E-state index in [9.17, 15) is 19.5 Å². The molecule has 4 rings (SSSR count). The van der Waals surface area contributed by atoms with Gasteiger partial charge >= 0.3 is 12.0 Å². The number of carbonyl (C=O) groups excluding carboxylic acids is 3. The first kappa shape index (κ1) is 16.2. The fourth-order valence-corrected chi connectivity index (χ4v) is 5.34. The molecule has 23 heavy (non-hydrogen) atoms. The minimum absolute atomic E-state index is 0.173. The summed E-state index contributed by atoms with van der Waals surface area (Å²) in [5.41, 5.74) is -0.784. The van der Waals surface area contributed by atoms with Crippen molar-refractivity contribution in [3.8, 4) is 0 Å². The van der Waals surface area contributed by atoms with Gasteiger partial charge in [-0.25, -0.2) is 4.79 Å². The highest BCUT2D eigenvalue weighted by Crippen LogP contribution is 2.62. The molecule has 4 saturated carbocycles. The van der Waals surface area contributed by atoms with Crippen LogP contribution in [-0.4, -0.2) is 42.3 Å². The molecular weight excluding hydrogens is 300 g/mol. The standard InChI is InChI=1S/C16H24N2O5/c1-17-14(21)18-12(19)8-23-13(20)7-15-3-10-2-11(4-15)6-16(22,5-10)9-15/h10-11,22H,2-9H2,1H3,(H2,17,18,19,21)/t10-,11+,15?,16?. The van der Waals surface area contributed by atoms with Crippen molar-refractivity contribution in [2.75, 3.05) is 13.7 Å². The Hall–Kier alpha value is -1.63. The molecule has 3 N–H and O–H groups in total. The molecule has 0 aromatic carbocycles. The van der Waals surface area contributed by atoms with Gasteiger partial charge in [-0.15, -0.1) is 0 Å². The average Bonchev–Trinajstić information content (AvgIpc) is 2.41. The number of ether oxygens (including phenoxy) is 1. The minimum atomic E-state index is -0.651. The van der Waals surface area contributed by atoms with Crippen LogP contribution in [0.15, 0.2) is 0 Å². The van der Waals surface area contributed by atoms with Crippen molar-refractivity contribution < 1.29 is 24.2 Å². The van der Waals surface area contributed by atoms with Gasteiger partial charge in [0, 0.05) is 7.05 Å². The SMILES string of the molecule is CNC(=O)NC(=O)COC(=O)CC12C[C@@H]3C[C@@H](CC(O)(C3)C1)C2. The van der Waals surface area contributed by atoms with Crippen molar-refractivity contribution in [2.24, 2.45) is 17.3 Å². The summed E-state index contributed by atoms with van der Waals surface area (Å²) in [6.45, 7) is -0.459. The number of hydrogen-bond acceptors (Lipinski definition) is 5. The molecule has 3 amide bonds. The molecule has 128 valence electrons. The maximum Gasteiger partial charge on any atom is 0.321 e. The molecule has 7 nitrogen and oxygen atoms in total. The van der Waals surface area contributed by atoms with E-state index in [0.717, 1.165) is 32.1 Å². The van der Waals surface area contributed by atoms with E-state index in [1.54, 1.807) is 0 Å². The lowest BCUT2D eigenvalue weighted by Crippen LogP contribution is -2.56. The smallest absolute Gasteiger partial charge is 0.321 e. The van der Waals surface area contributed by atoms with Crippen LogP contribution in [0.3, 0.4) is 0 Å². The molecule has 7 heteroatoms. The molecule has 0 radical (unpaired) electrons. The van der Waals surface area contributed by atoms with E-state index in [1.165, 1.54) is 7.05 Å². The fraction of sp³-hybridized carbons (Fsp3) is 0.812. The second-order valence-corrected chi connectivity index (χ2v) is 7.65. The third kappa shape index (κ3) is 3.49. The van der Waals surface area contributed by atoms with Crippen molar-refractivity contribution in [1.82, 2.24) is 10.6 Å². The zero-order valence-corrected chi connectivity index (χ0v) is 13.4. The molecule has 4 aliphatic carbocycles. The molecular formula is C16H24N2O5.